The molecule has 0 N–H and O–H groups in total. The van der Waals surface area contributed by atoms with E-state index in [1.165, 1.54) is 10.5 Å². The second-order valence-corrected chi connectivity index (χ2v) is 3.00. The lowest BCUT2D eigenvalue weighted by molar-refractivity contribution is 1.14. The zero-order chi connectivity index (χ0) is 8.69. The Morgan fingerprint density at radius 3 is 2.45 bits per heavy atom. The van der Waals surface area contributed by atoms with Gasteiger partial charge in [0.2, 0.25) is 0 Å². The molecule has 0 bridgehead atoms. The van der Waals surface area contributed by atoms with Gasteiger partial charge in [-0.3, -0.25) is 0 Å². The summed E-state index contributed by atoms with van der Waals surface area (Å²) in [4.78, 5) is 1.28. The van der Waals surface area contributed by atoms with Crippen molar-refractivity contribution >= 4 is 11.8 Å². The fourth-order valence-electron chi connectivity index (χ4n) is 0.921. The van der Waals surface area contributed by atoms with Crippen LogP contribution in [0, 0.1) is 0 Å². The summed E-state index contributed by atoms with van der Waals surface area (Å²) in [5, 5.41) is 0. The van der Waals surface area contributed by atoms with Gasteiger partial charge in [-0.2, -0.15) is 0 Å². The first kappa shape index (κ1) is 10.6. The van der Waals surface area contributed by atoms with Gasteiger partial charge in [-0.25, -0.2) is 0 Å². The molecule has 0 saturated heterocycles. The monoisotopic (exact) mass is 168 g/mol. The standard InChI is InChI=1S/C10H16S/c1-5-8-9(6-2)10(7-3)11-4/h5,7-8H,3,6H2,1-2,4H3/b8-5-,10-9+. The minimum atomic E-state index is 1.08. The molecular formula is C10H16S. The molecule has 11 heavy (non-hydrogen) atoms. The van der Waals surface area contributed by atoms with Gasteiger partial charge in [-0.05, 0) is 25.2 Å². The molecule has 0 spiro atoms. The molecule has 1 heteroatoms. The minimum absolute atomic E-state index is 1.08. The average molecular weight is 168 g/mol. The lowest BCUT2D eigenvalue weighted by atomic mass is 10.2. The van der Waals surface area contributed by atoms with E-state index in [1.807, 2.05) is 13.0 Å². The van der Waals surface area contributed by atoms with Gasteiger partial charge in [0.15, 0.2) is 0 Å². The summed E-state index contributed by atoms with van der Waals surface area (Å²) >= 11 is 1.75. The molecule has 0 rings (SSSR count). The zero-order valence-corrected chi connectivity index (χ0v) is 8.37. The SMILES string of the molecule is C=C/C(SC)=C(\C=C/C)CC. The number of rotatable bonds is 4. The highest BCUT2D eigenvalue weighted by Gasteiger charge is 1.95. The molecule has 0 aromatic carbocycles. The Labute approximate surface area is 74.1 Å². The fraction of sp³-hybridized carbons (Fsp3) is 0.400. The van der Waals surface area contributed by atoms with Gasteiger partial charge < -0.3 is 0 Å². The molecule has 0 atom stereocenters. The van der Waals surface area contributed by atoms with E-state index in [9.17, 15) is 0 Å². The van der Waals surface area contributed by atoms with Crippen LogP contribution in [-0.2, 0) is 0 Å². The number of hydrogen-bond acceptors (Lipinski definition) is 1. The third-order valence-corrected chi connectivity index (χ3v) is 2.34. The normalized spacial score (nSPS) is 13.4. The summed E-state index contributed by atoms with van der Waals surface area (Å²) in [6.07, 6.45) is 9.29. The van der Waals surface area contributed by atoms with Crippen LogP contribution >= 0.6 is 11.8 Å². The molecule has 0 aromatic rings. The largest absolute Gasteiger partial charge is 0.129 e. The van der Waals surface area contributed by atoms with Crippen molar-refractivity contribution in [1.82, 2.24) is 0 Å². The molecule has 0 aliphatic rings. The van der Waals surface area contributed by atoms with E-state index in [0.29, 0.717) is 0 Å². The van der Waals surface area contributed by atoms with Crippen molar-refractivity contribution in [2.24, 2.45) is 0 Å². The fourth-order valence-corrected chi connectivity index (χ4v) is 1.56. The Morgan fingerprint density at radius 1 is 1.55 bits per heavy atom. The predicted molar refractivity (Wildman–Crippen MR) is 55.8 cm³/mol. The van der Waals surface area contributed by atoms with E-state index in [0.717, 1.165) is 6.42 Å². The Kier molecular flexibility index (Phi) is 6.05. The molecule has 0 aliphatic carbocycles. The molecule has 62 valence electrons. The maximum absolute atomic E-state index is 3.77. The summed E-state index contributed by atoms with van der Waals surface area (Å²) in [5.41, 5.74) is 1.37. The van der Waals surface area contributed by atoms with Gasteiger partial charge in [-0.1, -0.05) is 31.7 Å². The van der Waals surface area contributed by atoms with Gasteiger partial charge in [0.1, 0.15) is 0 Å². The van der Waals surface area contributed by atoms with E-state index >= 15 is 0 Å². The van der Waals surface area contributed by atoms with Crippen molar-refractivity contribution in [1.29, 1.82) is 0 Å². The summed E-state index contributed by atoms with van der Waals surface area (Å²) < 4.78 is 0. The van der Waals surface area contributed by atoms with E-state index in [-0.39, 0.29) is 0 Å². The third-order valence-electron chi connectivity index (χ3n) is 1.47. The summed E-state index contributed by atoms with van der Waals surface area (Å²) in [5.74, 6) is 0. The van der Waals surface area contributed by atoms with Crippen LogP contribution in [0.15, 0.2) is 35.3 Å². The van der Waals surface area contributed by atoms with Crippen LogP contribution < -0.4 is 0 Å². The maximum atomic E-state index is 3.77. The van der Waals surface area contributed by atoms with Gasteiger partial charge >= 0.3 is 0 Å². The lowest BCUT2D eigenvalue weighted by Gasteiger charge is -2.02. The number of allylic oxidation sites excluding steroid dienone is 4. The molecule has 0 heterocycles. The first-order chi connectivity index (χ1) is 5.29. The van der Waals surface area contributed by atoms with Gasteiger partial charge in [0.05, 0.1) is 0 Å². The highest BCUT2D eigenvalue weighted by atomic mass is 32.2. The summed E-state index contributed by atoms with van der Waals surface area (Å²) in [7, 11) is 0. The van der Waals surface area contributed by atoms with Gasteiger partial charge in [0.25, 0.3) is 0 Å². The molecule has 0 unspecified atom stereocenters. The highest BCUT2D eigenvalue weighted by molar-refractivity contribution is 8.02. The second-order valence-electron chi connectivity index (χ2n) is 2.15. The Morgan fingerprint density at radius 2 is 2.18 bits per heavy atom. The van der Waals surface area contributed by atoms with E-state index in [2.05, 4.69) is 31.9 Å². The van der Waals surface area contributed by atoms with Crippen molar-refractivity contribution < 1.29 is 0 Å². The first-order valence-electron chi connectivity index (χ1n) is 3.82. The lowest BCUT2D eigenvalue weighted by Crippen LogP contribution is -1.79. The zero-order valence-electron chi connectivity index (χ0n) is 7.55. The Balaban J connectivity index is 4.61. The molecule has 0 amide bonds. The van der Waals surface area contributed by atoms with E-state index < -0.39 is 0 Å². The number of thioether (sulfide) groups is 1. The van der Waals surface area contributed by atoms with Crippen LogP contribution in [0.25, 0.3) is 0 Å². The molecule has 0 saturated carbocycles. The summed E-state index contributed by atoms with van der Waals surface area (Å²) in [6.45, 7) is 7.97. The van der Waals surface area contributed by atoms with E-state index in [4.69, 9.17) is 0 Å². The molecule has 0 aromatic heterocycles. The Bertz CT molecular complexity index is 175. The number of hydrogen-bond donors (Lipinski definition) is 0. The molecule has 0 fully saturated rings. The van der Waals surface area contributed by atoms with Crippen molar-refractivity contribution in [3.8, 4) is 0 Å². The predicted octanol–water partition coefficient (Wildman–Crippen LogP) is 3.78. The van der Waals surface area contributed by atoms with E-state index in [1.54, 1.807) is 11.8 Å². The van der Waals surface area contributed by atoms with Crippen LogP contribution in [0.4, 0.5) is 0 Å². The van der Waals surface area contributed by atoms with Crippen molar-refractivity contribution in [3.63, 3.8) is 0 Å². The van der Waals surface area contributed by atoms with Crippen molar-refractivity contribution in [3.05, 3.63) is 35.3 Å². The minimum Gasteiger partial charge on any atom is -0.129 e. The van der Waals surface area contributed by atoms with Crippen LogP contribution in [-0.4, -0.2) is 6.26 Å². The van der Waals surface area contributed by atoms with Crippen molar-refractivity contribution in [2.75, 3.05) is 6.26 Å². The highest BCUT2D eigenvalue weighted by Crippen LogP contribution is 2.20. The quantitative estimate of drug-likeness (QED) is 0.576. The van der Waals surface area contributed by atoms with Crippen molar-refractivity contribution in [2.45, 2.75) is 20.3 Å². The molecule has 0 radical (unpaired) electrons. The Hall–Kier alpha value is -0.430. The molecule has 0 aliphatic heterocycles. The molecular weight excluding hydrogens is 152 g/mol. The van der Waals surface area contributed by atoms with Crippen LogP contribution in [0.3, 0.4) is 0 Å². The smallest absolute Gasteiger partial charge is 0.00950 e. The molecule has 0 nitrogen and oxygen atoms in total. The third kappa shape index (κ3) is 3.47. The second kappa shape index (κ2) is 6.29. The topological polar surface area (TPSA) is 0 Å². The van der Waals surface area contributed by atoms with Gasteiger partial charge in [0, 0.05) is 4.91 Å². The van der Waals surface area contributed by atoms with Crippen LogP contribution in [0.1, 0.15) is 20.3 Å². The average Bonchev–Trinajstić information content (AvgIpc) is 2.05. The maximum Gasteiger partial charge on any atom is 0.00950 e. The van der Waals surface area contributed by atoms with Gasteiger partial charge in [-0.15, -0.1) is 11.8 Å². The van der Waals surface area contributed by atoms with Crippen LogP contribution in [0.5, 0.6) is 0 Å². The summed E-state index contributed by atoms with van der Waals surface area (Å²) in [6, 6.07) is 0. The van der Waals surface area contributed by atoms with Crippen LogP contribution in [0.2, 0.25) is 0 Å². The first-order valence-corrected chi connectivity index (χ1v) is 5.04.